The number of para-hydroxylation sites is 1. The van der Waals surface area contributed by atoms with E-state index in [9.17, 15) is 0 Å². The molecule has 0 radical (unpaired) electrons. The molecule has 1 saturated heterocycles. The summed E-state index contributed by atoms with van der Waals surface area (Å²) in [6.45, 7) is 3.98. The smallest absolute Gasteiger partial charge is 0.140 e. The second-order valence-corrected chi connectivity index (χ2v) is 4.98. The number of benzene rings is 1. The molecule has 18 heavy (non-hydrogen) atoms. The lowest BCUT2D eigenvalue weighted by Gasteiger charge is -2.27. The molecule has 0 amide bonds. The van der Waals surface area contributed by atoms with Crippen LogP contribution in [0.2, 0.25) is 0 Å². The molecule has 2 heterocycles. The Balaban J connectivity index is 2.09. The molecule has 1 aliphatic heterocycles. The summed E-state index contributed by atoms with van der Waals surface area (Å²) in [5, 5.41) is 1.12. The molecule has 2 aromatic rings. The van der Waals surface area contributed by atoms with Crippen molar-refractivity contribution in [2.45, 2.75) is 19.4 Å². The molecule has 0 spiro atoms. The van der Waals surface area contributed by atoms with Crippen LogP contribution in [-0.4, -0.2) is 29.1 Å². The fraction of sp³-hybridized carbons (Fsp3) is 0.429. The first kappa shape index (κ1) is 11.4. The standard InChI is InChI=1S/C14H18N4/c1-10-6-7-18(13(10)8-15)14-11-4-2-3-5-12(11)16-9-17-14/h2-5,9-10,13H,6-8,15H2,1H3. The van der Waals surface area contributed by atoms with Crippen LogP contribution in [0.25, 0.3) is 10.9 Å². The Bertz CT molecular complexity index is 549. The number of nitrogens with zero attached hydrogens (tertiary/aromatic N) is 3. The van der Waals surface area contributed by atoms with Gasteiger partial charge in [-0.3, -0.25) is 0 Å². The van der Waals surface area contributed by atoms with E-state index in [0.717, 1.165) is 23.3 Å². The third kappa shape index (κ3) is 1.73. The topological polar surface area (TPSA) is 55.0 Å². The number of hydrogen-bond acceptors (Lipinski definition) is 4. The summed E-state index contributed by atoms with van der Waals surface area (Å²) in [6.07, 6.45) is 2.83. The molecule has 2 unspecified atom stereocenters. The number of nitrogens with two attached hydrogens (primary N) is 1. The summed E-state index contributed by atoms with van der Waals surface area (Å²) < 4.78 is 0. The largest absolute Gasteiger partial charge is 0.351 e. The minimum atomic E-state index is 0.392. The van der Waals surface area contributed by atoms with E-state index in [0.29, 0.717) is 18.5 Å². The van der Waals surface area contributed by atoms with E-state index < -0.39 is 0 Å². The number of hydrogen-bond donors (Lipinski definition) is 1. The maximum absolute atomic E-state index is 5.91. The van der Waals surface area contributed by atoms with Gasteiger partial charge < -0.3 is 10.6 Å². The van der Waals surface area contributed by atoms with Crippen molar-refractivity contribution in [3.63, 3.8) is 0 Å². The molecule has 4 heteroatoms. The molecule has 1 aromatic heterocycles. The van der Waals surface area contributed by atoms with Crippen LogP contribution in [0, 0.1) is 5.92 Å². The molecule has 1 aromatic carbocycles. The van der Waals surface area contributed by atoms with Crippen LogP contribution in [-0.2, 0) is 0 Å². The van der Waals surface area contributed by atoms with Crippen molar-refractivity contribution >= 4 is 16.7 Å². The predicted molar refractivity (Wildman–Crippen MR) is 73.5 cm³/mol. The predicted octanol–water partition coefficient (Wildman–Crippen LogP) is 1.80. The minimum absolute atomic E-state index is 0.392. The van der Waals surface area contributed by atoms with Gasteiger partial charge in [0.25, 0.3) is 0 Å². The normalized spacial score (nSPS) is 23.8. The third-order valence-corrected chi connectivity index (χ3v) is 3.92. The molecule has 94 valence electrons. The molecule has 0 bridgehead atoms. The summed E-state index contributed by atoms with van der Waals surface area (Å²) in [5.41, 5.74) is 6.91. The van der Waals surface area contributed by atoms with Crippen molar-refractivity contribution in [2.75, 3.05) is 18.0 Å². The Morgan fingerprint density at radius 1 is 1.33 bits per heavy atom. The van der Waals surface area contributed by atoms with E-state index in [2.05, 4.69) is 27.9 Å². The molecule has 0 saturated carbocycles. The van der Waals surface area contributed by atoms with Gasteiger partial charge in [-0.15, -0.1) is 0 Å². The quantitative estimate of drug-likeness (QED) is 0.872. The van der Waals surface area contributed by atoms with Crippen molar-refractivity contribution in [3.8, 4) is 0 Å². The van der Waals surface area contributed by atoms with Gasteiger partial charge in [0.05, 0.1) is 5.52 Å². The van der Waals surface area contributed by atoms with Gasteiger partial charge in [0.1, 0.15) is 12.1 Å². The van der Waals surface area contributed by atoms with E-state index in [-0.39, 0.29) is 0 Å². The zero-order chi connectivity index (χ0) is 12.5. The van der Waals surface area contributed by atoms with E-state index in [4.69, 9.17) is 5.73 Å². The lowest BCUT2D eigenvalue weighted by molar-refractivity contribution is 0.518. The molecule has 0 aliphatic carbocycles. The van der Waals surface area contributed by atoms with Crippen LogP contribution in [0.3, 0.4) is 0 Å². The van der Waals surface area contributed by atoms with Crippen molar-refractivity contribution < 1.29 is 0 Å². The van der Waals surface area contributed by atoms with Gasteiger partial charge in [-0.1, -0.05) is 19.1 Å². The molecular formula is C14H18N4. The van der Waals surface area contributed by atoms with E-state index in [1.165, 1.54) is 6.42 Å². The highest BCUT2D eigenvalue weighted by molar-refractivity contribution is 5.89. The monoisotopic (exact) mass is 242 g/mol. The van der Waals surface area contributed by atoms with Crippen LogP contribution in [0.4, 0.5) is 5.82 Å². The Hall–Kier alpha value is -1.68. The SMILES string of the molecule is CC1CCN(c2ncnc3ccccc23)C1CN. The zero-order valence-corrected chi connectivity index (χ0v) is 10.6. The van der Waals surface area contributed by atoms with Gasteiger partial charge in [-0.2, -0.15) is 0 Å². The van der Waals surface area contributed by atoms with Crippen molar-refractivity contribution in [3.05, 3.63) is 30.6 Å². The van der Waals surface area contributed by atoms with Crippen molar-refractivity contribution in [2.24, 2.45) is 11.7 Å². The van der Waals surface area contributed by atoms with Crippen molar-refractivity contribution in [1.29, 1.82) is 0 Å². The number of anilines is 1. The first-order valence-corrected chi connectivity index (χ1v) is 6.47. The fourth-order valence-electron chi connectivity index (χ4n) is 2.85. The van der Waals surface area contributed by atoms with E-state index in [1.807, 2.05) is 18.2 Å². The van der Waals surface area contributed by atoms with Crippen LogP contribution in [0.5, 0.6) is 0 Å². The van der Waals surface area contributed by atoms with Crippen LogP contribution in [0.1, 0.15) is 13.3 Å². The zero-order valence-electron chi connectivity index (χ0n) is 10.6. The fourth-order valence-corrected chi connectivity index (χ4v) is 2.85. The Kier molecular flexibility index (Phi) is 2.88. The highest BCUT2D eigenvalue weighted by Gasteiger charge is 2.31. The van der Waals surface area contributed by atoms with Crippen LogP contribution in [0.15, 0.2) is 30.6 Å². The highest BCUT2D eigenvalue weighted by Crippen LogP contribution is 2.31. The lowest BCUT2D eigenvalue weighted by Crippen LogP contribution is -2.39. The minimum Gasteiger partial charge on any atom is -0.351 e. The second kappa shape index (κ2) is 4.53. The molecule has 3 rings (SSSR count). The van der Waals surface area contributed by atoms with Crippen molar-refractivity contribution in [1.82, 2.24) is 9.97 Å². The second-order valence-electron chi connectivity index (χ2n) is 4.98. The average molecular weight is 242 g/mol. The first-order chi connectivity index (χ1) is 8.81. The number of aromatic nitrogens is 2. The Morgan fingerprint density at radius 2 is 2.17 bits per heavy atom. The van der Waals surface area contributed by atoms with Gasteiger partial charge in [-0.25, -0.2) is 9.97 Å². The van der Waals surface area contributed by atoms with Gasteiger partial charge in [-0.05, 0) is 24.5 Å². The molecular weight excluding hydrogens is 224 g/mol. The van der Waals surface area contributed by atoms with Gasteiger partial charge >= 0.3 is 0 Å². The van der Waals surface area contributed by atoms with Crippen LogP contribution >= 0.6 is 0 Å². The summed E-state index contributed by atoms with van der Waals surface area (Å²) in [5.74, 6) is 1.66. The molecule has 4 nitrogen and oxygen atoms in total. The van der Waals surface area contributed by atoms with Gasteiger partial charge in [0.2, 0.25) is 0 Å². The molecule has 2 atom stereocenters. The Labute approximate surface area is 107 Å². The summed E-state index contributed by atoms with van der Waals surface area (Å²) >= 11 is 0. The molecule has 1 fully saturated rings. The third-order valence-electron chi connectivity index (χ3n) is 3.92. The molecule has 2 N–H and O–H groups in total. The highest BCUT2D eigenvalue weighted by atomic mass is 15.2. The number of fused-ring (bicyclic) bond motifs is 1. The van der Waals surface area contributed by atoms with E-state index in [1.54, 1.807) is 6.33 Å². The maximum Gasteiger partial charge on any atom is 0.140 e. The first-order valence-electron chi connectivity index (χ1n) is 6.47. The average Bonchev–Trinajstić information content (AvgIpc) is 2.79. The summed E-state index contributed by atoms with van der Waals surface area (Å²) in [7, 11) is 0. The maximum atomic E-state index is 5.91. The lowest BCUT2D eigenvalue weighted by atomic mass is 10.0. The number of rotatable bonds is 2. The summed E-state index contributed by atoms with van der Waals surface area (Å²) in [4.78, 5) is 11.1. The summed E-state index contributed by atoms with van der Waals surface area (Å²) in [6, 6.07) is 8.54. The van der Waals surface area contributed by atoms with Crippen LogP contribution < -0.4 is 10.6 Å². The van der Waals surface area contributed by atoms with E-state index >= 15 is 0 Å². The Morgan fingerprint density at radius 3 is 3.00 bits per heavy atom. The molecule has 1 aliphatic rings. The van der Waals surface area contributed by atoms with Gasteiger partial charge in [0, 0.05) is 24.5 Å². The van der Waals surface area contributed by atoms with Gasteiger partial charge in [0.15, 0.2) is 0 Å².